The van der Waals surface area contributed by atoms with Crippen molar-refractivity contribution in [3.63, 3.8) is 0 Å². The number of carbonyl (C=O) groups is 1. The van der Waals surface area contributed by atoms with E-state index in [-0.39, 0.29) is 6.61 Å². The molecule has 0 aliphatic rings. The summed E-state index contributed by atoms with van der Waals surface area (Å²) >= 11 is 16.0. The average molecular weight is 245 g/mol. The molecule has 0 aromatic rings. The van der Waals surface area contributed by atoms with Gasteiger partial charge in [-0.15, -0.1) is 0 Å². The number of alkyl carbamates (subject to hydrolysis) is 1. The smallest absolute Gasteiger partial charge is 0.411 e. The fraction of sp³-hybridized carbons (Fsp3) is 0.286. The Kier molecular flexibility index (Phi) is 5.95. The maximum absolute atomic E-state index is 10.8. The van der Waals surface area contributed by atoms with Gasteiger partial charge in [-0.25, -0.2) is 4.79 Å². The number of alkyl halides is 3. The van der Waals surface area contributed by atoms with Crippen LogP contribution in [0.2, 0.25) is 0 Å². The van der Waals surface area contributed by atoms with E-state index < -0.39 is 9.89 Å². The maximum Gasteiger partial charge on any atom is 0.411 e. The molecule has 0 unspecified atom stereocenters. The van der Waals surface area contributed by atoms with Gasteiger partial charge in [-0.05, 0) is 6.08 Å². The lowest BCUT2D eigenvalue weighted by atomic mass is 10.6. The second kappa shape index (κ2) is 6.13. The van der Waals surface area contributed by atoms with Gasteiger partial charge in [-0.2, -0.15) is 0 Å². The van der Waals surface area contributed by atoms with Crippen molar-refractivity contribution in [3.8, 4) is 0 Å². The van der Waals surface area contributed by atoms with Crippen molar-refractivity contribution in [3.05, 3.63) is 24.9 Å². The number of carbonyl (C=O) groups excluding carboxylic acids is 1. The lowest BCUT2D eigenvalue weighted by Gasteiger charge is -2.10. The lowest BCUT2D eigenvalue weighted by Crippen LogP contribution is -2.24. The summed E-state index contributed by atoms with van der Waals surface area (Å²) in [6.45, 7) is 3.10. The minimum absolute atomic E-state index is 0.300. The first-order valence-electron chi connectivity index (χ1n) is 3.23. The zero-order valence-corrected chi connectivity index (χ0v) is 8.86. The van der Waals surface area contributed by atoms with E-state index in [1.807, 2.05) is 0 Å². The zero-order valence-electron chi connectivity index (χ0n) is 6.60. The second-order valence-electron chi connectivity index (χ2n) is 1.93. The fourth-order valence-electron chi connectivity index (χ4n) is 0.373. The zero-order chi connectivity index (χ0) is 10.3. The topological polar surface area (TPSA) is 38.3 Å². The van der Waals surface area contributed by atoms with Crippen molar-refractivity contribution in [2.24, 2.45) is 0 Å². The summed E-state index contributed by atoms with van der Waals surface area (Å²) < 4.78 is 2.94. The molecule has 74 valence electrons. The summed E-state index contributed by atoms with van der Waals surface area (Å²) in [4.78, 5) is 10.8. The van der Waals surface area contributed by atoms with Gasteiger partial charge >= 0.3 is 6.09 Å². The second-order valence-corrected chi connectivity index (χ2v) is 4.45. The molecular weight excluding hydrogens is 236 g/mol. The predicted molar refractivity (Wildman–Crippen MR) is 54.1 cm³/mol. The highest BCUT2D eigenvalue weighted by Crippen LogP contribution is 2.25. The van der Waals surface area contributed by atoms with E-state index in [1.54, 1.807) is 0 Å². The molecule has 0 aromatic heterocycles. The van der Waals surface area contributed by atoms with Crippen molar-refractivity contribution in [2.45, 2.75) is 3.79 Å². The van der Waals surface area contributed by atoms with Crippen molar-refractivity contribution >= 4 is 40.9 Å². The third-order valence-electron chi connectivity index (χ3n) is 0.800. The number of hydrogen-bond donors (Lipinski definition) is 1. The molecule has 0 fully saturated rings. The molecule has 1 N–H and O–H groups in total. The van der Waals surface area contributed by atoms with Crippen LogP contribution in [0.3, 0.4) is 0 Å². The van der Waals surface area contributed by atoms with Gasteiger partial charge in [-0.1, -0.05) is 47.5 Å². The molecule has 0 spiro atoms. The molecule has 0 radical (unpaired) electrons. The van der Waals surface area contributed by atoms with Crippen molar-refractivity contribution in [1.29, 1.82) is 0 Å². The maximum atomic E-state index is 10.8. The molecule has 0 saturated heterocycles. The molecule has 0 aromatic carbocycles. The van der Waals surface area contributed by atoms with Gasteiger partial charge in [0, 0.05) is 6.20 Å². The summed E-state index contributed by atoms with van der Waals surface area (Å²) in [7, 11) is 0. The van der Waals surface area contributed by atoms with E-state index >= 15 is 0 Å². The molecule has 0 aliphatic heterocycles. The van der Waals surface area contributed by atoms with Gasteiger partial charge in [0.05, 0.1) is 0 Å². The van der Waals surface area contributed by atoms with Crippen LogP contribution in [0.4, 0.5) is 4.79 Å². The minimum atomic E-state index is -1.58. The van der Waals surface area contributed by atoms with Gasteiger partial charge in [0.2, 0.25) is 3.79 Å². The Bertz CT molecular complexity index is 210. The standard InChI is InChI=1S/C7H8Cl3NO2/c1-2-3-4-11-6(12)13-5-7(8,9)10/h2-4H,1,5H2,(H,11,12)/b4-3+. The summed E-state index contributed by atoms with van der Waals surface area (Å²) in [6.07, 6.45) is 3.68. The summed E-state index contributed by atoms with van der Waals surface area (Å²) in [5.74, 6) is 0. The van der Waals surface area contributed by atoms with Crippen LogP contribution in [0.25, 0.3) is 0 Å². The molecule has 3 nitrogen and oxygen atoms in total. The number of halogens is 3. The molecule has 6 heteroatoms. The number of hydrogen-bond acceptors (Lipinski definition) is 2. The fourth-order valence-corrected chi connectivity index (χ4v) is 0.537. The van der Waals surface area contributed by atoms with Crippen molar-refractivity contribution in [2.75, 3.05) is 6.61 Å². The van der Waals surface area contributed by atoms with Crippen LogP contribution >= 0.6 is 34.8 Å². The Morgan fingerprint density at radius 1 is 1.54 bits per heavy atom. The third kappa shape index (κ3) is 9.53. The molecule has 0 saturated carbocycles. The van der Waals surface area contributed by atoms with E-state index in [2.05, 4.69) is 16.6 Å². The third-order valence-corrected chi connectivity index (χ3v) is 1.13. The van der Waals surface area contributed by atoms with Crippen LogP contribution < -0.4 is 5.32 Å². The quantitative estimate of drug-likeness (QED) is 0.612. The monoisotopic (exact) mass is 243 g/mol. The molecule has 0 aliphatic carbocycles. The van der Waals surface area contributed by atoms with Crippen molar-refractivity contribution < 1.29 is 9.53 Å². The molecule has 13 heavy (non-hydrogen) atoms. The van der Waals surface area contributed by atoms with E-state index in [4.69, 9.17) is 34.8 Å². The summed E-state index contributed by atoms with van der Waals surface area (Å²) in [5.41, 5.74) is 0. The molecule has 0 rings (SSSR count). The highest BCUT2D eigenvalue weighted by atomic mass is 35.6. The van der Waals surface area contributed by atoms with E-state index in [0.29, 0.717) is 0 Å². The van der Waals surface area contributed by atoms with Gasteiger partial charge in [0.15, 0.2) is 0 Å². The van der Waals surface area contributed by atoms with E-state index in [1.165, 1.54) is 18.4 Å². The van der Waals surface area contributed by atoms with Gasteiger partial charge in [0.25, 0.3) is 0 Å². The SMILES string of the molecule is C=C/C=C/NC(=O)OCC(Cl)(Cl)Cl. The van der Waals surface area contributed by atoms with Crippen LogP contribution in [0, 0.1) is 0 Å². The molecular formula is C7H8Cl3NO2. The first-order valence-corrected chi connectivity index (χ1v) is 4.36. The average Bonchev–Trinajstić information content (AvgIpc) is 2.00. The number of allylic oxidation sites excluding steroid dienone is 2. The van der Waals surface area contributed by atoms with E-state index in [9.17, 15) is 4.79 Å². The lowest BCUT2D eigenvalue weighted by molar-refractivity contribution is 0.152. The number of ether oxygens (including phenoxy) is 1. The molecule has 1 amide bonds. The van der Waals surface area contributed by atoms with Gasteiger partial charge in [0.1, 0.15) is 6.61 Å². The van der Waals surface area contributed by atoms with Crippen LogP contribution in [-0.4, -0.2) is 16.5 Å². The molecule has 0 heterocycles. The molecule has 0 atom stereocenters. The number of rotatable bonds is 3. The normalized spacial score (nSPS) is 11.3. The Hall–Kier alpha value is -0.380. The van der Waals surface area contributed by atoms with Gasteiger partial charge < -0.3 is 4.74 Å². The van der Waals surface area contributed by atoms with Crippen LogP contribution in [0.1, 0.15) is 0 Å². The van der Waals surface area contributed by atoms with Crippen LogP contribution in [0.5, 0.6) is 0 Å². The predicted octanol–water partition coefficient (Wildman–Crippen LogP) is 2.78. The highest BCUT2D eigenvalue weighted by Gasteiger charge is 2.21. The van der Waals surface area contributed by atoms with Gasteiger partial charge in [-0.3, -0.25) is 5.32 Å². The Morgan fingerprint density at radius 3 is 2.62 bits per heavy atom. The minimum Gasteiger partial charge on any atom is -0.445 e. The largest absolute Gasteiger partial charge is 0.445 e. The Morgan fingerprint density at radius 2 is 2.15 bits per heavy atom. The Balaban J connectivity index is 3.64. The molecule has 0 bridgehead atoms. The van der Waals surface area contributed by atoms with E-state index in [0.717, 1.165) is 0 Å². The number of amides is 1. The van der Waals surface area contributed by atoms with Crippen LogP contribution in [-0.2, 0) is 4.74 Å². The van der Waals surface area contributed by atoms with Crippen molar-refractivity contribution in [1.82, 2.24) is 5.32 Å². The Labute approximate surface area is 91.3 Å². The first-order chi connectivity index (χ1) is 5.95. The first kappa shape index (κ1) is 12.6. The summed E-state index contributed by atoms with van der Waals surface area (Å²) in [5, 5.41) is 2.27. The van der Waals surface area contributed by atoms with Crippen LogP contribution in [0.15, 0.2) is 24.9 Å². The summed E-state index contributed by atoms with van der Waals surface area (Å²) in [6, 6.07) is 0. The number of nitrogens with one attached hydrogen (secondary N) is 1. The highest BCUT2D eigenvalue weighted by molar-refractivity contribution is 6.67.